The van der Waals surface area contributed by atoms with E-state index >= 15 is 0 Å². The minimum Gasteiger partial charge on any atom is -0.481 e. The van der Waals surface area contributed by atoms with Crippen LogP contribution in [0, 0.1) is 0 Å². The molecule has 2 fully saturated rings. The van der Waals surface area contributed by atoms with E-state index in [0.717, 1.165) is 38.9 Å². The highest BCUT2D eigenvalue weighted by atomic mass is 16.4. The normalized spacial score (nSPS) is 24.6. The molecule has 21 heavy (non-hydrogen) atoms. The fourth-order valence-corrected chi connectivity index (χ4v) is 3.50. The molecule has 2 heterocycles. The number of carbonyl (C=O) groups is 2. The first kappa shape index (κ1) is 16.3. The smallest absolute Gasteiger partial charge is 0.303 e. The maximum atomic E-state index is 12.6. The van der Waals surface area contributed by atoms with Gasteiger partial charge in [0.05, 0.1) is 6.54 Å². The molecule has 2 aliphatic rings. The Labute approximate surface area is 127 Å². The lowest BCUT2D eigenvalue weighted by atomic mass is 9.98. The van der Waals surface area contributed by atoms with Crippen molar-refractivity contribution in [3.8, 4) is 0 Å². The van der Waals surface area contributed by atoms with Crippen LogP contribution in [0.5, 0.6) is 0 Å². The topological polar surface area (TPSA) is 60.9 Å². The molecule has 1 N–H and O–H groups in total. The van der Waals surface area contributed by atoms with Crippen molar-refractivity contribution in [3.63, 3.8) is 0 Å². The molecule has 0 aromatic carbocycles. The highest BCUT2D eigenvalue weighted by Crippen LogP contribution is 2.21. The van der Waals surface area contributed by atoms with Gasteiger partial charge >= 0.3 is 5.97 Å². The van der Waals surface area contributed by atoms with E-state index in [1.807, 2.05) is 4.90 Å². The summed E-state index contributed by atoms with van der Waals surface area (Å²) in [6.07, 6.45) is 8.81. The number of piperidine rings is 1. The molecule has 0 saturated carbocycles. The maximum absolute atomic E-state index is 12.6. The number of aliphatic carboxylic acids is 1. The second-order valence-electron chi connectivity index (χ2n) is 6.36. The molecule has 2 aliphatic heterocycles. The van der Waals surface area contributed by atoms with Crippen molar-refractivity contribution in [1.29, 1.82) is 0 Å². The Morgan fingerprint density at radius 1 is 0.952 bits per heavy atom. The van der Waals surface area contributed by atoms with Gasteiger partial charge in [-0.3, -0.25) is 14.5 Å². The van der Waals surface area contributed by atoms with Gasteiger partial charge in [0.1, 0.15) is 0 Å². The summed E-state index contributed by atoms with van der Waals surface area (Å²) in [4.78, 5) is 27.6. The number of hydrogen-bond donors (Lipinski definition) is 1. The molecule has 1 atom stereocenters. The molecule has 5 heteroatoms. The van der Waals surface area contributed by atoms with Gasteiger partial charge in [0, 0.05) is 19.0 Å². The van der Waals surface area contributed by atoms with Crippen LogP contribution in [-0.2, 0) is 9.59 Å². The van der Waals surface area contributed by atoms with E-state index in [-0.39, 0.29) is 18.4 Å². The van der Waals surface area contributed by atoms with Crippen molar-refractivity contribution in [2.24, 2.45) is 0 Å². The van der Waals surface area contributed by atoms with E-state index in [2.05, 4.69) is 4.90 Å². The van der Waals surface area contributed by atoms with Gasteiger partial charge < -0.3 is 10.0 Å². The standard InChI is InChI=1S/C16H28N2O3/c19-15(13-17-10-4-1-2-5-11-17)18-12-6-3-7-14(18)8-9-16(20)21/h14H,1-13H2,(H,20,21)/t14-/m0/s1. The zero-order valence-electron chi connectivity index (χ0n) is 12.9. The highest BCUT2D eigenvalue weighted by molar-refractivity contribution is 5.78. The molecule has 0 unspecified atom stereocenters. The van der Waals surface area contributed by atoms with Gasteiger partial charge in [-0.25, -0.2) is 0 Å². The van der Waals surface area contributed by atoms with Crippen molar-refractivity contribution in [2.45, 2.75) is 63.8 Å². The number of nitrogens with zero attached hydrogens (tertiary/aromatic N) is 2. The van der Waals surface area contributed by atoms with Crippen molar-refractivity contribution >= 4 is 11.9 Å². The van der Waals surface area contributed by atoms with Crippen LogP contribution in [0.3, 0.4) is 0 Å². The predicted molar refractivity (Wildman–Crippen MR) is 81.1 cm³/mol. The van der Waals surface area contributed by atoms with Crippen LogP contribution in [0.15, 0.2) is 0 Å². The van der Waals surface area contributed by atoms with Crippen LogP contribution in [-0.4, -0.2) is 59.0 Å². The summed E-state index contributed by atoms with van der Waals surface area (Å²) in [5, 5.41) is 8.85. The molecule has 0 aromatic rings. The van der Waals surface area contributed by atoms with Gasteiger partial charge in [0.2, 0.25) is 5.91 Å². The first-order valence-corrected chi connectivity index (χ1v) is 8.40. The Morgan fingerprint density at radius 3 is 2.29 bits per heavy atom. The Hall–Kier alpha value is -1.10. The predicted octanol–water partition coefficient (Wildman–Crippen LogP) is 2.11. The Balaban J connectivity index is 1.86. The molecule has 0 bridgehead atoms. The lowest BCUT2D eigenvalue weighted by molar-refractivity contribution is -0.140. The zero-order chi connectivity index (χ0) is 15.1. The monoisotopic (exact) mass is 296 g/mol. The van der Waals surface area contributed by atoms with Gasteiger partial charge in [-0.2, -0.15) is 0 Å². The highest BCUT2D eigenvalue weighted by Gasteiger charge is 2.28. The van der Waals surface area contributed by atoms with Crippen molar-refractivity contribution in [2.75, 3.05) is 26.2 Å². The summed E-state index contributed by atoms with van der Waals surface area (Å²) in [7, 11) is 0. The van der Waals surface area contributed by atoms with Gasteiger partial charge in [0.15, 0.2) is 0 Å². The number of rotatable bonds is 5. The van der Waals surface area contributed by atoms with Crippen LogP contribution >= 0.6 is 0 Å². The van der Waals surface area contributed by atoms with E-state index in [1.54, 1.807) is 0 Å². The molecule has 5 nitrogen and oxygen atoms in total. The zero-order valence-corrected chi connectivity index (χ0v) is 12.9. The summed E-state index contributed by atoms with van der Waals surface area (Å²) >= 11 is 0. The average Bonchev–Trinajstić information content (AvgIpc) is 2.74. The van der Waals surface area contributed by atoms with Crippen LogP contribution in [0.4, 0.5) is 0 Å². The maximum Gasteiger partial charge on any atom is 0.303 e. The first-order chi connectivity index (χ1) is 10.2. The van der Waals surface area contributed by atoms with Gasteiger partial charge in [0.25, 0.3) is 0 Å². The second-order valence-corrected chi connectivity index (χ2v) is 6.36. The molecule has 0 spiro atoms. The van der Waals surface area contributed by atoms with Crippen LogP contribution < -0.4 is 0 Å². The summed E-state index contributed by atoms with van der Waals surface area (Å²) in [5.41, 5.74) is 0. The molecule has 120 valence electrons. The lowest BCUT2D eigenvalue weighted by Gasteiger charge is -2.37. The van der Waals surface area contributed by atoms with E-state index in [1.165, 1.54) is 25.7 Å². The molecule has 2 saturated heterocycles. The van der Waals surface area contributed by atoms with Crippen molar-refractivity contribution < 1.29 is 14.7 Å². The third kappa shape index (κ3) is 5.30. The summed E-state index contributed by atoms with van der Waals surface area (Å²) in [5.74, 6) is -0.563. The number of carboxylic acids is 1. The largest absolute Gasteiger partial charge is 0.481 e. The summed E-state index contributed by atoms with van der Waals surface area (Å²) in [6.45, 7) is 3.37. The van der Waals surface area contributed by atoms with E-state index in [9.17, 15) is 9.59 Å². The molecule has 0 aromatic heterocycles. The molecule has 0 aliphatic carbocycles. The SMILES string of the molecule is O=C(O)CC[C@@H]1CCCCN1C(=O)CN1CCCCCC1. The molecular formula is C16H28N2O3. The fraction of sp³-hybridized carbons (Fsp3) is 0.875. The van der Waals surface area contributed by atoms with E-state index < -0.39 is 5.97 Å². The summed E-state index contributed by atoms with van der Waals surface area (Å²) < 4.78 is 0. The van der Waals surface area contributed by atoms with E-state index in [0.29, 0.717) is 13.0 Å². The number of hydrogen-bond acceptors (Lipinski definition) is 3. The lowest BCUT2D eigenvalue weighted by Crippen LogP contribution is -2.48. The third-order valence-electron chi connectivity index (χ3n) is 4.70. The van der Waals surface area contributed by atoms with Gasteiger partial charge in [-0.1, -0.05) is 12.8 Å². The Kier molecular flexibility index (Phi) is 6.49. The third-order valence-corrected chi connectivity index (χ3v) is 4.70. The number of carboxylic acid groups (broad SMARTS) is 1. The molecule has 2 rings (SSSR count). The number of likely N-dealkylation sites (tertiary alicyclic amines) is 2. The second kappa shape index (κ2) is 8.37. The van der Waals surface area contributed by atoms with Gasteiger partial charge in [-0.15, -0.1) is 0 Å². The molecular weight excluding hydrogens is 268 g/mol. The van der Waals surface area contributed by atoms with Crippen molar-refractivity contribution in [1.82, 2.24) is 9.80 Å². The Bertz CT molecular complexity index is 351. The Morgan fingerprint density at radius 2 is 1.62 bits per heavy atom. The average molecular weight is 296 g/mol. The van der Waals surface area contributed by atoms with Crippen LogP contribution in [0.1, 0.15) is 57.8 Å². The molecule has 0 radical (unpaired) electrons. The van der Waals surface area contributed by atoms with Crippen LogP contribution in [0.2, 0.25) is 0 Å². The summed E-state index contributed by atoms with van der Waals surface area (Å²) in [6, 6.07) is 0.134. The van der Waals surface area contributed by atoms with Crippen LogP contribution in [0.25, 0.3) is 0 Å². The quantitative estimate of drug-likeness (QED) is 0.844. The van der Waals surface area contributed by atoms with E-state index in [4.69, 9.17) is 5.11 Å². The van der Waals surface area contributed by atoms with Crippen molar-refractivity contribution in [3.05, 3.63) is 0 Å². The van der Waals surface area contributed by atoms with Gasteiger partial charge in [-0.05, 0) is 51.6 Å². The molecule has 1 amide bonds. The minimum atomic E-state index is -0.763. The fourth-order valence-electron chi connectivity index (χ4n) is 3.50. The first-order valence-electron chi connectivity index (χ1n) is 8.40. The number of carbonyl (C=O) groups excluding carboxylic acids is 1. The minimum absolute atomic E-state index is 0.134. The number of amides is 1.